The van der Waals surface area contributed by atoms with Crippen molar-refractivity contribution in [2.45, 2.75) is 25.7 Å². The third-order valence-corrected chi connectivity index (χ3v) is 4.12. The first-order valence-corrected chi connectivity index (χ1v) is 7.01. The summed E-state index contributed by atoms with van der Waals surface area (Å²) in [6.07, 6.45) is 0.415. The van der Waals surface area contributed by atoms with Gasteiger partial charge in [-0.25, -0.2) is 0 Å². The van der Waals surface area contributed by atoms with Gasteiger partial charge in [0, 0.05) is 17.4 Å². The fourth-order valence-corrected chi connectivity index (χ4v) is 3.38. The molecule has 0 bridgehead atoms. The van der Waals surface area contributed by atoms with Crippen molar-refractivity contribution < 1.29 is 4.79 Å². The average molecular weight is 265 g/mol. The molecule has 1 aliphatic rings. The Labute approximate surface area is 113 Å². The topological polar surface area (TPSA) is 43.1 Å². The highest BCUT2D eigenvalue weighted by Crippen LogP contribution is 2.43. The minimum atomic E-state index is 0.0134. The van der Waals surface area contributed by atoms with Crippen molar-refractivity contribution in [1.82, 2.24) is 4.48 Å². The van der Waals surface area contributed by atoms with Crippen LogP contribution in [0, 0.1) is 0 Å². The number of hydrogen-bond donors (Lipinski definition) is 1. The summed E-state index contributed by atoms with van der Waals surface area (Å²) in [5.74, 6) is 0. The molecule has 1 heterocycles. The largest absolute Gasteiger partial charge is 0.295 e. The van der Waals surface area contributed by atoms with Gasteiger partial charge in [0.2, 0.25) is 5.12 Å². The molecule has 0 unspecified atom stereocenters. The monoisotopic (exact) mass is 265 g/mol. The number of carbonyl (C=O) groups is 1. The number of likely N-dealkylation sites (N-methyl/N-ethyl adjacent to an activating group) is 1. The third-order valence-electron chi connectivity index (χ3n) is 3.71. The predicted molar refractivity (Wildman–Crippen MR) is 78.5 cm³/mol. The maximum absolute atomic E-state index is 11.4. The zero-order valence-electron chi connectivity index (χ0n) is 11.5. The Hall–Kier alpha value is -0.840. The maximum atomic E-state index is 11.4. The van der Waals surface area contributed by atoms with Gasteiger partial charge in [-0.15, -0.1) is 0 Å². The van der Waals surface area contributed by atoms with Gasteiger partial charge >= 0.3 is 0 Å². The maximum Gasteiger partial charge on any atom is 0.207 e. The van der Waals surface area contributed by atoms with Crippen molar-refractivity contribution in [3.05, 3.63) is 29.3 Å². The summed E-state index contributed by atoms with van der Waals surface area (Å²) >= 11 is 0.810. The molecule has 0 atom stereocenters. The smallest absolute Gasteiger partial charge is 0.207 e. The number of benzene rings is 1. The SMILES string of the molecule is CC1(C)C[N+](C)(C)c2ccc(CC(=O)SN)cc21. The first kappa shape index (κ1) is 13.6. The van der Waals surface area contributed by atoms with Gasteiger partial charge in [0.05, 0.1) is 20.6 Å². The second-order valence-electron chi connectivity index (χ2n) is 6.25. The number of quaternary nitrogens is 1. The minimum absolute atomic E-state index is 0.0134. The summed E-state index contributed by atoms with van der Waals surface area (Å²) in [6.45, 7) is 5.62. The summed E-state index contributed by atoms with van der Waals surface area (Å²) in [7, 11) is 4.46. The van der Waals surface area contributed by atoms with Gasteiger partial charge in [0.25, 0.3) is 0 Å². The van der Waals surface area contributed by atoms with Crippen molar-refractivity contribution in [3.63, 3.8) is 0 Å². The lowest BCUT2D eigenvalue weighted by molar-refractivity contribution is -0.110. The van der Waals surface area contributed by atoms with E-state index >= 15 is 0 Å². The highest BCUT2D eigenvalue weighted by atomic mass is 32.2. The molecule has 2 rings (SSSR count). The summed E-state index contributed by atoms with van der Waals surface area (Å²) in [5, 5.41) is 5.31. The quantitative estimate of drug-likeness (QED) is 0.658. The van der Waals surface area contributed by atoms with Crippen LogP contribution >= 0.6 is 11.9 Å². The van der Waals surface area contributed by atoms with Crippen molar-refractivity contribution in [2.75, 3.05) is 20.6 Å². The molecule has 0 radical (unpaired) electrons. The lowest BCUT2D eigenvalue weighted by atomic mass is 9.86. The molecule has 0 saturated heterocycles. The molecule has 1 aromatic rings. The van der Waals surface area contributed by atoms with E-state index in [0.29, 0.717) is 6.42 Å². The van der Waals surface area contributed by atoms with Crippen molar-refractivity contribution >= 4 is 22.8 Å². The Bertz CT molecular complexity index is 495. The minimum Gasteiger partial charge on any atom is -0.295 e. The van der Waals surface area contributed by atoms with Crippen LogP contribution in [0.15, 0.2) is 18.2 Å². The second kappa shape index (κ2) is 4.37. The summed E-state index contributed by atoms with van der Waals surface area (Å²) in [5.41, 5.74) is 3.94. The molecule has 0 fully saturated rings. The first-order valence-electron chi connectivity index (χ1n) is 6.13. The molecule has 2 N–H and O–H groups in total. The highest BCUT2D eigenvalue weighted by Gasteiger charge is 2.43. The van der Waals surface area contributed by atoms with E-state index in [4.69, 9.17) is 5.14 Å². The molecule has 0 spiro atoms. The lowest BCUT2D eigenvalue weighted by Gasteiger charge is -2.26. The number of fused-ring (bicyclic) bond motifs is 1. The predicted octanol–water partition coefficient (Wildman–Crippen LogP) is 2.22. The molecule has 0 saturated carbocycles. The number of nitrogens with zero attached hydrogens (tertiary/aromatic N) is 1. The summed E-state index contributed by atoms with van der Waals surface area (Å²) in [4.78, 5) is 11.4. The fourth-order valence-electron chi connectivity index (χ4n) is 3.13. The molecule has 3 nitrogen and oxygen atoms in total. The van der Waals surface area contributed by atoms with Gasteiger partial charge in [-0.1, -0.05) is 19.9 Å². The highest BCUT2D eigenvalue weighted by molar-refractivity contribution is 8.11. The van der Waals surface area contributed by atoms with Crippen LogP contribution in [-0.4, -0.2) is 25.8 Å². The zero-order chi connectivity index (χ0) is 13.6. The van der Waals surface area contributed by atoms with Gasteiger partial charge in [-0.05, 0) is 29.6 Å². The van der Waals surface area contributed by atoms with Gasteiger partial charge in [0.15, 0.2) is 0 Å². The van der Waals surface area contributed by atoms with Crippen LogP contribution in [0.25, 0.3) is 0 Å². The number of hydrogen-bond acceptors (Lipinski definition) is 3. The van der Waals surface area contributed by atoms with E-state index in [1.807, 2.05) is 6.07 Å². The Balaban J connectivity index is 2.41. The van der Waals surface area contributed by atoms with Crippen LogP contribution < -0.4 is 9.62 Å². The van der Waals surface area contributed by atoms with E-state index in [0.717, 1.165) is 28.5 Å². The molecule has 0 aliphatic carbocycles. The summed E-state index contributed by atoms with van der Waals surface area (Å²) in [6, 6.07) is 6.39. The molecular formula is C14H21N2OS+. The molecule has 0 amide bonds. The van der Waals surface area contributed by atoms with E-state index in [1.54, 1.807) is 0 Å². The van der Waals surface area contributed by atoms with Gasteiger partial charge < -0.3 is 0 Å². The van der Waals surface area contributed by atoms with Gasteiger partial charge in [-0.3, -0.25) is 14.4 Å². The lowest BCUT2D eigenvalue weighted by Crippen LogP contribution is -2.42. The number of nitrogens with two attached hydrogens (primary N) is 1. The Morgan fingerprint density at radius 3 is 2.72 bits per heavy atom. The fraction of sp³-hybridized carbons (Fsp3) is 0.500. The first-order chi connectivity index (χ1) is 8.26. The van der Waals surface area contributed by atoms with Crippen LogP contribution in [0.5, 0.6) is 0 Å². The molecule has 1 aromatic carbocycles. The van der Waals surface area contributed by atoms with Crippen LogP contribution in [0.1, 0.15) is 25.0 Å². The van der Waals surface area contributed by atoms with E-state index < -0.39 is 0 Å². The van der Waals surface area contributed by atoms with E-state index in [2.05, 4.69) is 40.1 Å². The normalized spacial score (nSPS) is 19.6. The second-order valence-corrected chi connectivity index (χ2v) is 6.94. The van der Waals surface area contributed by atoms with Gasteiger partial charge in [-0.2, -0.15) is 0 Å². The van der Waals surface area contributed by atoms with Crippen LogP contribution in [0.4, 0.5) is 5.69 Å². The van der Waals surface area contributed by atoms with Crippen LogP contribution in [0.2, 0.25) is 0 Å². The van der Waals surface area contributed by atoms with Gasteiger partial charge in [0.1, 0.15) is 5.69 Å². The average Bonchev–Trinajstić information content (AvgIpc) is 2.44. The van der Waals surface area contributed by atoms with Crippen molar-refractivity contribution in [2.24, 2.45) is 5.14 Å². The molecule has 4 heteroatoms. The van der Waals surface area contributed by atoms with E-state index in [-0.39, 0.29) is 10.5 Å². The molecule has 0 aromatic heterocycles. The Kier molecular flexibility index (Phi) is 3.30. The van der Waals surface area contributed by atoms with E-state index in [1.165, 1.54) is 11.3 Å². The standard InChI is InChI=1S/C14H21N2OS/c1-14(2)9-16(3,4)12-6-5-10(7-11(12)14)8-13(17)18-15/h5-7H,8-9,15H2,1-4H3/q+1. The van der Waals surface area contributed by atoms with Crippen LogP contribution in [0.3, 0.4) is 0 Å². The van der Waals surface area contributed by atoms with E-state index in [9.17, 15) is 4.79 Å². The molecule has 18 heavy (non-hydrogen) atoms. The third kappa shape index (κ3) is 2.32. The molecular weight excluding hydrogens is 244 g/mol. The van der Waals surface area contributed by atoms with Crippen molar-refractivity contribution in [3.8, 4) is 0 Å². The molecule has 1 aliphatic heterocycles. The molecule has 98 valence electrons. The summed E-state index contributed by atoms with van der Waals surface area (Å²) < 4.78 is 0.905. The Morgan fingerprint density at radius 2 is 2.11 bits per heavy atom. The Morgan fingerprint density at radius 1 is 1.44 bits per heavy atom. The zero-order valence-corrected chi connectivity index (χ0v) is 12.3. The number of carbonyl (C=O) groups excluding carboxylic acids is 1. The van der Waals surface area contributed by atoms with Crippen molar-refractivity contribution in [1.29, 1.82) is 0 Å². The van der Waals surface area contributed by atoms with Crippen LogP contribution in [-0.2, 0) is 16.6 Å². The number of rotatable bonds is 2.